The summed E-state index contributed by atoms with van der Waals surface area (Å²) in [5, 5.41) is 10.6. The maximum absolute atomic E-state index is 12.4. The molecular formula is C22H28O7. The van der Waals surface area contributed by atoms with Crippen molar-refractivity contribution in [2.75, 3.05) is 0 Å². The molecule has 29 heavy (non-hydrogen) atoms. The van der Waals surface area contributed by atoms with Gasteiger partial charge in [-0.2, -0.15) is 0 Å². The summed E-state index contributed by atoms with van der Waals surface area (Å²) in [4.78, 5) is 36.1. The molecule has 0 saturated carbocycles. The number of hydrogen-bond donors (Lipinski definition) is 1. The molecule has 158 valence electrons. The summed E-state index contributed by atoms with van der Waals surface area (Å²) in [7, 11) is 0. The number of rotatable bonds is 3. The van der Waals surface area contributed by atoms with Crippen molar-refractivity contribution in [3.05, 3.63) is 47.1 Å². The van der Waals surface area contributed by atoms with Gasteiger partial charge in [-0.05, 0) is 51.0 Å². The van der Waals surface area contributed by atoms with E-state index >= 15 is 0 Å². The summed E-state index contributed by atoms with van der Waals surface area (Å²) < 4.78 is 16.4. The third-order valence-electron chi connectivity index (χ3n) is 5.25. The molecule has 1 heterocycles. The highest BCUT2D eigenvalue weighted by atomic mass is 16.6. The van der Waals surface area contributed by atoms with E-state index in [-0.39, 0.29) is 12.0 Å². The third-order valence-corrected chi connectivity index (χ3v) is 5.25. The molecule has 1 N–H and O–H groups in total. The number of carbonyl (C=O) groups is 3. The normalized spacial score (nSPS) is 34.1. The number of aliphatic hydroxyl groups is 1. The number of ether oxygens (including phenoxy) is 3. The van der Waals surface area contributed by atoms with Crippen LogP contribution in [0, 0.1) is 5.92 Å². The monoisotopic (exact) mass is 404 g/mol. The van der Waals surface area contributed by atoms with E-state index in [1.807, 2.05) is 0 Å². The summed E-state index contributed by atoms with van der Waals surface area (Å²) in [5.74, 6) is -2.25. The van der Waals surface area contributed by atoms with Gasteiger partial charge in [0, 0.05) is 24.5 Å². The Balaban J connectivity index is 2.52. The SMILES string of the molecule is C=C1C(=O)OC2/C=C(/C)C(OC(C)=O)CC(O)/C(C)=C\C(OC(=O)C(C)=CC)C12. The summed E-state index contributed by atoms with van der Waals surface area (Å²) in [5.41, 5.74) is 1.75. The molecule has 5 atom stereocenters. The second-order valence-electron chi connectivity index (χ2n) is 7.43. The molecule has 0 spiro atoms. The number of hydrogen-bond acceptors (Lipinski definition) is 7. The second kappa shape index (κ2) is 9.22. The molecule has 2 aliphatic rings. The second-order valence-corrected chi connectivity index (χ2v) is 7.43. The van der Waals surface area contributed by atoms with Crippen LogP contribution in [0.3, 0.4) is 0 Å². The van der Waals surface area contributed by atoms with E-state index in [9.17, 15) is 19.5 Å². The van der Waals surface area contributed by atoms with Crippen LogP contribution in [0.2, 0.25) is 0 Å². The first-order chi connectivity index (χ1) is 13.5. The van der Waals surface area contributed by atoms with Crippen LogP contribution in [0.15, 0.2) is 47.1 Å². The van der Waals surface area contributed by atoms with Crippen molar-refractivity contribution < 1.29 is 33.7 Å². The number of esters is 3. The van der Waals surface area contributed by atoms with Crippen molar-refractivity contribution in [2.45, 2.75) is 65.5 Å². The Labute approximate surface area is 170 Å². The number of carbonyl (C=O) groups excluding carboxylic acids is 3. The molecule has 1 saturated heterocycles. The predicted molar refractivity (Wildman–Crippen MR) is 106 cm³/mol. The number of fused-ring (bicyclic) bond motifs is 1. The molecule has 0 aromatic heterocycles. The molecular weight excluding hydrogens is 376 g/mol. The molecule has 7 heteroatoms. The van der Waals surface area contributed by atoms with Crippen molar-refractivity contribution >= 4 is 17.9 Å². The fourth-order valence-corrected chi connectivity index (χ4v) is 3.33. The average molecular weight is 404 g/mol. The van der Waals surface area contributed by atoms with E-state index in [0.717, 1.165) is 0 Å². The molecule has 1 aliphatic heterocycles. The lowest BCUT2D eigenvalue weighted by Crippen LogP contribution is -2.34. The van der Waals surface area contributed by atoms with Crippen LogP contribution in [0.4, 0.5) is 0 Å². The van der Waals surface area contributed by atoms with Crippen LogP contribution in [0.1, 0.15) is 41.0 Å². The van der Waals surface area contributed by atoms with Gasteiger partial charge in [0.2, 0.25) is 0 Å². The first-order valence-corrected chi connectivity index (χ1v) is 9.50. The van der Waals surface area contributed by atoms with Crippen molar-refractivity contribution in [2.24, 2.45) is 5.92 Å². The fourth-order valence-electron chi connectivity index (χ4n) is 3.33. The zero-order chi connectivity index (χ0) is 21.9. The smallest absolute Gasteiger partial charge is 0.334 e. The minimum Gasteiger partial charge on any atom is -0.458 e. The van der Waals surface area contributed by atoms with Gasteiger partial charge in [0.15, 0.2) is 0 Å². The summed E-state index contributed by atoms with van der Waals surface area (Å²) in [6, 6.07) is 0. The van der Waals surface area contributed by atoms with Gasteiger partial charge in [-0.25, -0.2) is 9.59 Å². The lowest BCUT2D eigenvalue weighted by Gasteiger charge is -2.29. The van der Waals surface area contributed by atoms with Gasteiger partial charge in [-0.1, -0.05) is 12.7 Å². The molecule has 1 aliphatic carbocycles. The Morgan fingerprint density at radius 3 is 2.45 bits per heavy atom. The van der Waals surface area contributed by atoms with E-state index in [1.54, 1.807) is 45.9 Å². The van der Waals surface area contributed by atoms with E-state index in [4.69, 9.17) is 14.2 Å². The van der Waals surface area contributed by atoms with E-state index in [2.05, 4.69) is 6.58 Å². The molecule has 2 rings (SSSR count). The Kier molecular flexibility index (Phi) is 7.19. The van der Waals surface area contributed by atoms with Crippen LogP contribution in [0.5, 0.6) is 0 Å². The fraction of sp³-hybridized carbons (Fsp3) is 0.500. The summed E-state index contributed by atoms with van der Waals surface area (Å²) in [6.45, 7) is 11.9. The highest BCUT2D eigenvalue weighted by Crippen LogP contribution is 2.36. The van der Waals surface area contributed by atoms with Gasteiger partial charge in [-0.3, -0.25) is 4.79 Å². The Bertz CT molecular complexity index is 802. The highest BCUT2D eigenvalue weighted by molar-refractivity contribution is 5.92. The standard InChI is InChI=1S/C22H28O7/c1-7-11(2)21(25)28-18-8-12(3)16(24)10-17(27-15(6)23)13(4)9-19-20(18)14(5)22(26)29-19/h7-9,16-20,24H,5,10H2,1-4,6H3/b11-7?,12-8-,13-9-. The highest BCUT2D eigenvalue weighted by Gasteiger charge is 2.44. The lowest BCUT2D eigenvalue weighted by atomic mass is 9.85. The van der Waals surface area contributed by atoms with E-state index < -0.39 is 48.2 Å². The first kappa shape index (κ1) is 22.6. The first-order valence-electron chi connectivity index (χ1n) is 9.50. The van der Waals surface area contributed by atoms with Crippen molar-refractivity contribution in [1.82, 2.24) is 0 Å². The van der Waals surface area contributed by atoms with Gasteiger partial charge in [0.1, 0.15) is 18.3 Å². The third kappa shape index (κ3) is 5.23. The molecule has 0 amide bonds. The molecule has 0 aromatic rings. The van der Waals surface area contributed by atoms with Crippen LogP contribution in [-0.2, 0) is 28.6 Å². The van der Waals surface area contributed by atoms with Crippen LogP contribution >= 0.6 is 0 Å². The largest absolute Gasteiger partial charge is 0.458 e. The van der Waals surface area contributed by atoms with Crippen molar-refractivity contribution in [3.8, 4) is 0 Å². The minimum atomic E-state index is -0.936. The zero-order valence-corrected chi connectivity index (χ0v) is 17.4. The van der Waals surface area contributed by atoms with Gasteiger partial charge < -0.3 is 19.3 Å². The minimum absolute atomic E-state index is 0.130. The van der Waals surface area contributed by atoms with E-state index in [1.165, 1.54) is 6.92 Å². The number of allylic oxidation sites excluding steroid dienone is 1. The molecule has 1 fully saturated rings. The van der Waals surface area contributed by atoms with Gasteiger partial charge in [0.25, 0.3) is 0 Å². The van der Waals surface area contributed by atoms with Crippen molar-refractivity contribution in [1.29, 1.82) is 0 Å². The van der Waals surface area contributed by atoms with Crippen molar-refractivity contribution in [3.63, 3.8) is 0 Å². The average Bonchev–Trinajstić information content (AvgIpc) is 2.92. The van der Waals surface area contributed by atoms with E-state index in [0.29, 0.717) is 16.7 Å². The summed E-state index contributed by atoms with van der Waals surface area (Å²) in [6.07, 6.45) is 1.82. The van der Waals surface area contributed by atoms with Gasteiger partial charge >= 0.3 is 17.9 Å². The lowest BCUT2D eigenvalue weighted by molar-refractivity contribution is -0.147. The molecule has 7 nitrogen and oxygen atoms in total. The predicted octanol–water partition coefficient (Wildman–Crippen LogP) is 2.55. The summed E-state index contributed by atoms with van der Waals surface area (Å²) >= 11 is 0. The zero-order valence-electron chi connectivity index (χ0n) is 17.4. The topological polar surface area (TPSA) is 99.1 Å². The van der Waals surface area contributed by atoms with Crippen LogP contribution in [-0.4, -0.2) is 47.4 Å². The van der Waals surface area contributed by atoms with Crippen LogP contribution < -0.4 is 0 Å². The molecule has 0 radical (unpaired) electrons. The van der Waals surface area contributed by atoms with Gasteiger partial charge in [0.05, 0.1) is 12.0 Å². The number of aliphatic hydroxyl groups excluding tert-OH is 1. The Morgan fingerprint density at radius 2 is 1.86 bits per heavy atom. The Hall–Kier alpha value is -2.67. The maximum atomic E-state index is 12.4. The van der Waals surface area contributed by atoms with Gasteiger partial charge in [-0.15, -0.1) is 0 Å². The molecule has 0 bridgehead atoms. The Morgan fingerprint density at radius 1 is 1.21 bits per heavy atom. The quantitative estimate of drug-likeness (QED) is 0.334. The maximum Gasteiger partial charge on any atom is 0.334 e. The van der Waals surface area contributed by atoms with Crippen LogP contribution in [0.25, 0.3) is 0 Å². The molecule has 0 aromatic carbocycles. The molecule has 5 unspecified atom stereocenters.